The molecule has 0 unspecified atom stereocenters. The van der Waals surface area contributed by atoms with Gasteiger partial charge in [0.05, 0.1) is 0 Å². The molecule has 0 heterocycles. The Bertz CT molecular complexity index is 174. The van der Waals surface area contributed by atoms with Crippen LogP contribution in [0.1, 0.15) is 78.6 Å². The summed E-state index contributed by atoms with van der Waals surface area (Å²) in [6.07, 6.45) is 12.7. The van der Waals surface area contributed by atoms with E-state index in [4.69, 9.17) is 0 Å². The van der Waals surface area contributed by atoms with Crippen molar-refractivity contribution in [1.82, 2.24) is 0 Å². The molecule has 0 aliphatic rings. The van der Waals surface area contributed by atoms with Gasteiger partial charge in [0, 0.05) is 10.7 Å². The molecule has 0 atom stereocenters. The molecular weight excluding hydrogens is 352 g/mol. The molecule has 2 heteroatoms. The van der Waals surface area contributed by atoms with E-state index in [9.17, 15) is 0 Å². The largest absolute Gasteiger partial charge is 0.0922 e. The van der Waals surface area contributed by atoms with Crippen LogP contribution in [0, 0.1) is 11.3 Å². The van der Waals surface area contributed by atoms with Crippen LogP contribution >= 0.6 is 31.9 Å². The van der Waals surface area contributed by atoms with Gasteiger partial charge in [-0.05, 0) is 17.8 Å². The van der Waals surface area contributed by atoms with Crippen LogP contribution in [0.3, 0.4) is 0 Å². The molecule has 18 heavy (non-hydrogen) atoms. The van der Waals surface area contributed by atoms with Crippen LogP contribution in [-0.2, 0) is 0 Å². The van der Waals surface area contributed by atoms with Crippen LogP contribution in [0.25, 0.3) is 0 Å². The minimum atomic E-state index is 0.461. The molecule has 0 nitrogen and oxygen atoms in total. The second kappa shape index (κ2) is 11.8. The SMILES string of the molecule is CCCCCCCCCCC(CBr)(CBr)C(C)C. The fraction of sp³-hybridized carbons (Fsp3) is 1.00. The Hall–Kier alpha value is 0.960. The average Bonchev–Trinajstić information content (AvgIpc) is 2.37. The van der Waals surface area contributed by atoms with Gasteiger partial charge in [0.15, 0.2) is 0 Å². The van der Waals surface area contributed by atoms with Crippen molar-refractivity contribution in [3.63, 3.8) is 0 Å². The zero-order valence-electron chi connectivity index (χ0n) is 12.6. The Kier molecular flexibility index (Phi) is 12.4. The number of rotatable bonds is 12. The topological polar surface area (TPSA) is 0 Å². The normalized spacial score (nSPS) is 12.3. The lowest BCUT2D eigenvalue weighted by molar-refractivity contribution is 0.239. The minimum absolute atomic E-state index is 0.461. The van der Waals surface area contributed by atoms with Crippen molar-refractivity contribution in [1.29, 1.82) is 0 Å². The van der Waals surface area contributed by atoms with Gasteiger partial charge in [0.2, 0.25) is 0 Å². The smallest absolute Gasteiger partial charge is 0.00984 e. The highest BCUT2D eigenvalue weighted by Gasteiger charge is 2.30. The number of halogens is 2. The van der Waals surface area contributed by atoms with E-state index < -0.39 is 0 Å². The predicted octanol–water partition coefficient (Wildman–Crippen LogP) is 6.95. The maximum Gasteiger partial charge on any atom is 0.00984 e. The summed E-state index contributed by atoms with van der Waals surface area (Å²) in [4.78, 5) is 0. The first-order valence-electron chi connectivity index (χ1n) is 7.75. The third-order valence-electron chi connectivity index (χ3n) is 4.29. The van der Waals surface area contributed by atoms with E-state index in [1.165, 1.54) is 57.8 Å². The van der Waals surface area contributed by atoms with Crippen molar-refractivity contribution in [2.45, 2.75) is 78.6 Å². The summed E-state index contributed by atoms with van der Waals surface area (Å²) < 4.78 is 0. The van der Waals surface area contributed by atoms with Gasteiger partial charge in [-0.2, -0.15) is 0 Å². The lowest BCUT2D eigenvalue weighted by Crippen LogP contribution is -2.31. The maximum atomic E-state index is 3.72. The van der Waals surface area contributed by atoms with Crippen molar-refractivity contribution in [3.05, 3.63) is 0 Å². The van der Waals surface area contributed by atoms with Gasteiger partial charge in [-0.15, -0.1) is 0 Å². The molecule has 0 saturated carbocycles. The van der Waals surface area contributed by atoms with Crippen LogP contribution in [0.15, 0.2) is 0 Å². The van der Waals surface area contributed by atoms with Crippen LogP contribution in [0.5, 0.6) is 0 Å². The Labute approximate surface area is 132 Å². The molecule has 0 aliphatic heterocycles. The number of alkyl halides is 2. The van der Waals surface area contributed by atoms with E-state index in [1.54, 1.807) is 0 Å². The summed E-state index contributed by atoms with van der Waals surface area (Å²) in [5, 5.41) is 2.25. The molecule has 0 amide bonds. The van der Waals surface area contributed by atoms with Gasteiger partial charge in [0.25, 0.3) is 0 Å². The van der Waals surface area contributed by atoms with Gasteiger partial charge < -0.3 is 0 Å². The van der Waals surface area contributed by atoms with Gasteiger partial charge in [-0.1, -0.05) is 104 Å². The molecule has 110 valence electrons. The van der Waals surface area contributed by atoms with Crippen LogP contribution in [0.4, 0.5) is 0 Å². The highest BCUT2D eigenvalue weighted by Crippen LogP contribution is 2.37. The van der Waals surface area contributed by atoms with Crippen molar-refractivity contribution in [2.24, 2.45) is 11.3 Å². The second-order valence-corrected chi connectivity index (χ2v) is 7.13. The van der Waals surface area contributed by atoms with Crippen LogP contribution in [-0.4, -0.2) is 10.7 Å². The molecular formula is C16H32Br2. The summed E-state index contributed by atoms with van der Waals surface area (Å²) in [5.41, 5.74) is 0.461. The Morgan fingerprint density at radius 2 is 1.22 bits per heavy atom. The van der Waals surface area contributed by atoms with Gasteiger partial charge in [-0.3, -0.25) is 0 Å². The van der Waals surface area contributed by atoms with Crippen molar-refractivity contribution in [2.75, 3.05) is 10.7 Å². The Morgan fingerprint density at radius 1 is 0.778 bits per heavy atom. The maximum absolute atomic E-state index is 3.72. The number of hydrogen-bond acceptors (Lipinski definition) is 0. The molecule has 0 aromatic rings. The van der Waals surface area contributed by atoms with E-state index >= 15 is 0 Å². The van der Waals surface area contributed by atoms with E-state index in [-0.39, 0.29) is 0 Å². The molecule has 0 aliphatic carbocycles. The summed E-state index contributed by atoms with van der Waals surface area (Å²) in [6.45, 7) is 6.99. The van der Waals surface area contributed by atoms with Crippen LogP contribution < -0.4 is 0 Å². The molecule has 0 bridgehead atoms. The average molecular weight is 384 g/mol. The highest BCUT2D eigenvalue weighted by atomic mass is 79.9. The lowest BCUT2D eigenvalue weighted by atomic mass is 9.77. The molecule has 0 aromatic carbocycles. The summed E-state index contributed by atoms with van der Waals surface area (Å²) in [6, 6.07) is 0. The first-order valence-corrected chi connectivity index (χ1v) is 9.99. The summed E-state index contributed by atoms with van der Waals surface area (Å²) in [7, 11) is 0. The lowest BCUT2D eigenvalue weighted by Gasteiger charge is -2.34. The zero-order valence-corrected chi connectivity index (χ0v) is 15.8. The first-order chi connectivity index (χ1) is 8.63. The van der Waals surface area contributed by atoms with E-state index in [1.807, 2.05) is 0 Å². The molecule has 0 spiro atoms. The monoisotopic (exact) mass is 382 g/mol. The number of hydrogen-bond donors (Lipinski definition) is 0. The molecule has 0 radical (unpaired) electrons. The standard InChI is InChI=1S/C16H32Br2/c1-4-5-6-7-8-9-10-11-12-16(13-17,14-18)15(2)3/h15H,4-14H2,1-3H3. The fourth-order valence-electron chi connectivity index (χ4n) is 2.38. The first kappa shape index (κ1) is 19.0. The molecule has 0 N–H and O–H groups in total. The van der Waals surface area contributed by atoms with Gasteiger partial charge in [0.1, 0.15) is 0 Å². The molecule has 0 fully saturated rings. The van der Waals surface area contributed by atoms with Gasteiger partial charge >= 0.3 is 0 Å². The Morgan fingerprint density at radius 3 is 1.61 bits per heavy atom. The fourth-order valence-corrected chi connectivity index (χ4v) is 5.16. The molecule has 0 aromatic heterocycles. The van der Waals surface area contributed by atoms with Crippen molar-refractivity contribution < 1.29 is 0 Å². The third kappa shape index (κ3) is 7.53. The van der Waals surface area contributed by atoms with Crippen molar-refractivity contribution in [3.8, 4) is 0 Å². The van der Waals surface area contributed by atoms with Crippen molar-refractivity contribution >= 4 is 31.9 Å². The highest BCUT2D eigenvalue weighted by molar-refractivity contribution is 9.09. The molecule has 0 saturated heterocycles. The third-order valence-corrected chi connectivity index (χ3v) is 6.52. The quantitative estimate of drug-likeness (QED) is 0.252. The molecule has 0 rings (SSSR count). The second-order valence-electron chi connectivity index (χ2n) is 6.01. The van der Waals surface area contributed by atoms with E-state index in [2.05, 4.69) is 52.6 Å². The van der Waals surface area contributed by atoms with E-state index in [0.717, 1.165) is 16.6 Å². The zero-order chi connectivity index (χ0) is 13.9. The summed E-state index contributed by atoms with van der Waals surface area (Å²) >= 11 is 7.43. The minimum Gasteiger partial charge on any atom is -0.0922 e. The van der Waals surface area contributed by atoms with E-state index in [0.29, 0.717) is 5.41 Å². The Balaban J connectivity index is 3.62. The predicted molar refractivity (Wildman–Crippen MR) is 92.1 cm³/mol. The van der Waals surface area contributed by atoms with Gasteiger partial charge in [-0.25, -0.2) is 0 Å². The number of unbranched alkanes of at least 4 members (excludes halogenated alkanes) is 7. The summed E-state index contributed by atoms with van der Waals surface area (Å²) in [5.74, 6) is 0.751. The van der Waals surface area contributed by atoms with Crippen LogP contribution in [0.2, 0.25) is 0 Å².